The highest BCUT2D eigenvalue weighted by atomic mass is 35.5. The number of aryl methyl sites for hydroxylation is 1. The minimum Gasteiger partial charge on any atom is -0.461 e. The van der Waals surface area contributed by atoms with Crippen LogP contribution < -0.4 is 0 Å². The zero-order valence-electron chi connectivity index (χ0n) is 13.5. The molecule has 0 aliphatic carbocycles. The van der Waals surface area contributed by atoms with Crippen LogP contribution in [-0.2, 0) is 11.2 Å². The van der Waals surface area contributed by atoms with Crippen LogP contribution in [-0.4, -0.2) is 32.4 Å². The van der Waals surface area contributed by atoms with E-state index in [1.807, 2.05) is 31.2 Å². The monoisotopic (exact) mass is 344 g/mol. The van der Waals surface area contributed by atoms with Crippen molar-refractivity contribution in [3.8, 4) is 11.1 Å². The highest BCUT2D eigenvalue weighted by Gasteiger charge is 2.21. The average molecular weight is 345 g/mol. The van der Waals surface area contributed by atoms with Gasteiger partial charge in [-0.15, -0.1) is 10.2 Å². The van der Waals surface area contributed by atoms with Crippen molar-refractivity contribution >= 4 is 23.2 Å². The fourth-order valence-electron chi connectivity index (χ4n) is 2.54. The van der Waals surface area contributed by atoms with Crippen LogP contribution in [0.2, 0.25) is 5.02 Å². The quantitative estimate of drug-likeness (QED) is 0.662. The molecule has 0 N–H and O–H groups in total. The molecule has 24 heavy (non-hydrogen) atoms. The molecule has 0 spiro atoms. The molecule has 3 rings (SSSR count). The molecule has 2 heterocycles. The zero-order valence-corrected chi connectivity index (χ0v) is 14.2. The number of carbonyl (C=O) groups is 1. The number of fused-ring (bicyclic) bond motifs is 1. The van der Waals surface area contributed by atoms with E-state index < -0.39 is 5.97 Å². The normalized spacial score (nSPS) is 11.0. The highest BCUT2D eigenvalue weighted by molar-refractivity contribution is 6.30. The first kappa shape index (κ1) is 16.4. The van der Waals surface area contributed by atoms with Crippen LogP contribution in [0.1, 0.15) is 36.5 Å². The Morgan fingerprint density at radius 1 is 1.21 bits per heavy atom. The molecule has 0 fully saturated rings. The van der Waals surface area contributed by atoms with Gasteiger partial charge in [0.25, 0.3) is 0 Å². The maximum Gasteiger partial charge on any atom is 0.360 e. The predicted octanol–water partition coefficient (Wildman–Crippen LogP) is 3.57. The van der Waals surface area contributed by atoms with Gasteiger partial charge in [-0.2, -0.15) is 5.10 Å². The summed E-state index contributed by atoms with van der Waals surface area (Å²) in [5.74, 6) is -0.473. The molecular formula is C17H17ClN4O2. The van der Waals surface area contributed by atoms with Gasteiger partial charge in [-0.3, -0.25) is 0 Å². The first-order valence-electron chi connectivity index (χ1n) is 7.82. The molecule has 0 aliphatic heterocycles. The van der Waals surface area contributed by atoms with Gasteiger partial charge in [-0.1, -0.05) is 37.1 Å². The Labute approximate surface area is 144 Å². The number of nitrogens with zero attached hydrogens (tertiary/aromatic N) is 4. The zero-order chi connectivity index (χ0) is 17.1. The lowest BCUT2D eigenvalue weighted by Gasteiger charge is -2.08. The smallest absolute Gasteiger partial charge is 0.360 e. The minimum absolute atomic E-state index is 0.219. The van der Waals surface area contributed by atoms with Crippen molar-refractivity contribution in [2.75, 3.05) is 6.61 Å². The lowest BCUT2D eigenvalue weighted by molar-refractivity contribution is 0.0515. The summed E-state index contributed by atoms with van der Waals surface area (Å²) in [5, 5.41) is 13.4. The van der Waals surface area contributed by atoms with Gasteiger partial charge in [0.1, 0.15) is 0 Å². The van der Waals surface area contributed by atoms with Crippen LogP contribution in [0.25, 0.3) is 16.8 Å². The number of carbonyl (C=O) groups excluding carboxylic acids is 1. The maximum atomic E-state index is 12.1. The van der Waals surface area contributed by atoms with Gasteiger partial charge in [0.05, 0.1) is 18.5 Å². The van der Waals surface area contributed by atoms with Crippen molar-refractivity contribution < 1.29 is 9.53 Å². The summed E-state index contributed by atoms with van der Waals surface area (Å²) in [6, 6.07) is 7.43. The number of aromatic nitrogens is 4. The molecule has 0 atom stereocenters. The second-order valence-corrected chi connectivity index (χ2v) is 5.70. The van der Waals surface area contributed by atoms with Gasteiger partial charge in [0, 0.05) is 10.6 Å². The largest absolute Gasteiger partial charge is 0.461 e. The number of ether oxygens (including phenoxy) is 1. The van der Waals surface area contributed by atoms with Crippen LogP contribution in [0.15, 0.2) is 30.5 Å². The molecule has 0 saturated carbocycles. The van der Waals surface area contributed by atoms with E-state index in [9.17, 15) is 4.79 Å². The molecule has 6 nitrogen and oxygen atoms in total. The molecular weight excluding hydrogens is 328 g/mol. The summed E-state index contributed by atoms with van der Waals surface area (Å²) in [6.45, 7) is 4.08. The molecule has 3 aromatic rings. The predicted molar refractivity (Wildman–Crippen MR) is 91.2 cm³/mol. The van der Waals surface area contributed by atoms with Crippen molar-refractivity contribution in [2.45, 2.75) is 26.7 Å². The number of hydrogen-bond donors (Lipinski definition) is 0. The van der Waals surface area contributed by atoms with Crippen LogP contribution in [0, 0.1) is 0 Å². The van der Waals surface area contributed by atoms with Gasteiger partial charge in [-0.25, -0.2) is 9.31 Å². The van der Waals surface area contributed by atoms with Gasteiger partial charge in [0.15, 0.2) is 11.3 Å². The summed E-state index contributed by atoms with van der Waals surface area (Å²) in [7, 11) is 0. The van der Waals surface area contributed by atoms with E-state index in [0.29, 0.717) is 29.4 Å². The van der Waals surface area contributed by atoms with E-state index in [1.54, 1.807) is 17.6 Å². The van der Waals surface area contributed by atoms with Crippen molar-refractivity contribution in [3.63, 3.8) is 0 Å². The van der Waals surface area contributed by atoms with Crippen LogP contribution in [0.5, 0.6) is 0 Å². The van der Waals surface area contributed by atoms with Crippen molar-refractivity contribution in [2.24, 2.45) is 0 Å². The SMILES string of the molecule is CCCc1c(C(=O)OCC)nnc2c(-c3ccc(Cl)cc3)cnn12. The molecule has 124 valence electrons. The Balaban J connectivity index is 2.15. The highest BCUT2D eigenvalue weighted by Crippen LogP contribution is 2.26. The Morgan fingerprint density at radius 2 is 1.96 bits per heavy atom. The van der Waals surface area contributed by atoms with Gasteiger partial charge < -0.3 is 4.74 Å². The van der Waals surface area contributed by atoms with Crippen molar-refractivity contribution in [1.29, 1.82) is 0 Å². The summed E-state index contributed by atoms with van der Waals surface area (Å²) in [6.07, 6.45) is 3.23. The summed E-state index contributed by atoms with van der Waals surface area (Å²) in [4.78, 5) is 12.1. The van der Waals surface area contributed by atoms with Gasteiger partial charge in [0.2, 0.25) is 0 Å². The van der Waals surface area contributed by atoms with Crippen LogP contribution in [0.4, 0.5) is 0 Å². The Morgan fingerprint density at radius 3 is 2.62 bits per heavy atom. The van der Waals surface area contributed by atoms with Crippen molar-refractivity contribution in [1.82, 2.24) is 19.8 Å². The fourth-order valence-corrected chi connectivity index (χ4v) is 2.67. The average Bonchev–Trinajstić information content (AvgIpc) is 3.01. The summed E-state index contributed by atoms with van der Waals surface area (Å²) >= 11 is 5.94. The number of hydrogen-bond acceptors (Lipinski definition) is 5. The van der Waals surface area contributed by atoms with Gasteiger partial charge >= 0.3 is 5.97 Å². The van der Waals surface area contributed by atoms with E-state index >= 15 is 0 Å². The number of esters is 1. The molecule has 0 unspecified atom stereocenters. The van der Waals surface area contributed by atoms with E-state index in [1.165, 1.54) is 0 Å². The maximum absolute atomic E-state index is 12.1. The van der Waals surface area contributed by atoms with Crippen LogP contribution in [0.3, 0.4) is 0 Å². The molecule has 7 heteroatoms. The van der Waals surface area contributed by atoms with Crippen LogP contribution >= 0.6 is 11.6 Å². The fraction of sp³-hybridized carbons (Fsp3) is 0.294. The Bertz CT molecular complexity index is 874. The second-order valence-electron chi connectivity index (χ2n) is 5.27. The lowest BCUT2D eigenvalue weighted by atomic mass is 10.1. The van der Waals surface area contributed by atoms with E-state index in [0.717, 1.165) is 17.5 Å². The summed E-state index contributed by atoms with van der Waals surface area (Å²) < 4.78 is 6.74. The molecule has 0 amide bonds. The first-order chi connectivity index (χ1) is 11.7. The number of rotatable bonds is 5. The summed E-state index contributed by atoms with van der Waals surface area (Å²) in [5.41, 5.74) is 3.31. The third-order valence-corrected chi connectivity index (χ3v) is 3.88. The second kappa shape index (κ2) is 6.97. The Hall–Kier alpha value is -2.47. The molecule has 1 aromatic carbocycles. The third kappa shape index (κ3) is 2.97. The van der Waals surface area contributed by atoms with E-state index in [4.69, 9.17) is 16.3 Å². The molecule has 0 bridgehead atoms. The standard InChI is InChI=1S/C17H17ClN4O2/c1-3-5-14-15(17(23)24-4-2)20-21-16-13(10-19-22(14)16)11-6-8-12(18)9-7-11/h6-10H,3-5H2,1-2H3. The van der Waals surface area contributed by atoms with E-state index in [2.05, 4.69) is 15.3 Å². The number of benzene rings is 1. The third-order valence-electron chi connectivity index (χ3n) is 3.63. The molecule has 0 saturated heterocycles. The Kier molecular flexibility index (Phi) is 4.76. The topological polar surface area (TPSA) is 69.4 Å². The first-order valence-corrected chi connectivity index (χ1v) is 8.19. The minimum atomic E-state index is -0.473. The van der Waals surface area contributed by atoms with E-state index in [-0.39, 0.29) is 5.69 Å². The number of halogens is 1. The van der Waals surface area contributed by atoms with Crippen molar-refractivity contribution in [3.05, 3.63) is 46.9 Å². The van der Waals surface area contributed by atoms with Gasteiger partial charge in [-0.05, 0) is 31.0 Å². The molecule has 0 radical (unpaired) electrons. The lowest BCUT2D eigenvalue weighted by Crippen LogP contribution is -2.16. The molecule has 0 aliphatic rings. The molecule has 2 aromatic heterocycles.